The van der Waals surface area contributed by atoms with Crippen LogP contribution in [0.15, 0.2) is 12.7 Å². The quantitative estimate of drug-likeness (QED) is 0.277. The lowest BCUT2D eigenvalue weighted by Crippen LogP contribution is -2.41. The van der Waals surface area contributed by atoms with E-state index in [-0.39, 0.29) is 11.0 Å². The molecule has 0 saturated heterocycles. The van der Waals surface area contributed by atoms with Gasteiger partial charge >= 0.3 is 11.9 Å². The van der Waals surface area contributed by atoms with Crippen molar-refractivity contribution in [2.45, 2.75) is 51.7 Å². The summed E-state index contributed by atoms with van der Waals surface area (Å²) in [4.78, 5) is 23.5. The molecule has 0 aliphatic heterocycles. The molecule has 0 saturated carbocycles. The molecular weight excluding hydrogens is 312 g/mol. The third-order valence-corrected chi connectivity index (χ3v) is 9.14. The summed E-state index contributed by atoms with van der Waals surface area (Å²) in [5, 5.41) is 0.150. The van der Waals surface area contributed by atoms with Crippen molar-refractivity contribution >= 4 is 20.3 Å². The Morgan fingerprint density at radius 3 is 1.96 bits per heavy atom. The lowest BCUT2D eigenvalue weighted by Gasteiger charge is -2.36. The Morgan fingerprint density at radius 2 is 1.61 bits per heavy atom. The molecular formula is C17H32O5Si. The van der Waals surface area contributed by atoms with Crippen LogP contribution in [0.5, 0.6) is 0 Å². The molecule has 23 heavy (non-hydrogen) atoms. The zero-order valence-corrected chi connectivity index (χ0v) is 16.6. The molecule has 0 aliphatic rings. The lowest BCUT2D eigenvalue weighted by molar-refractivity contribution is -0.159. The molecule has 0 heterocycles. The number of hydrogen-bond donors (Lipinski definition) is 0. The first-order valence-corrected chi connectivity index (χ1v) is 10.8. The van der Waals surface area contributed by atoms with Gasteiger partial charge in [0.1, 0.15) is 0 Å². The number of hydrogen-bond acceptors (Lipinski definition) is 5. The Hall–Kier alpha value is -1.14. The van der Waals surface area contributed by atoms with Crippen molar-refractivity contribution in [2.24, 2.45) is 11.8 Å². The molecule has 0 radical (unpaired) electrons. The highest BCUT2D eigenvalue weighted by atomic mass is 28.4. The second-order valence-corrected chi connectivity index (χ2v) is 12.0. The summed E-state index contributed by atoms with van der Waals surface area (Å²) < 4.78 is 15.5. The van der Waals surface area contributed by atoms with Gasteiger partial charge in [0, 0.05) is 6.61 Å². The van der Waals surface area contributed by atoms with Crippen LogP contribution in [0.4, 0.5) is 0 Å². The van der Waals surface area contributed by atoms with Gasteiger partial charge in [0.25, 0.3) is 0 Å². The molecule has 0 aromatic heterocycles. The van der Waals surface area contributed by atoms with Crippen molar-refractivity contribution in [3.8, 4) is 0 Å². The number of ether oxygens (including phenoxy) is 2. The molecule has 0 aromatic carbocycles. The van der Waals surface area contributed by atoms with E-state index in [2.05, 4.69) is 49.9 Å². The molecule has 0 amide bonds. The molecule has 0 aromatic rings. The fourth-order valence-electron chi connectivity index (χ4n) is 1.89. The Kier molecular flexibility index (Phi) is 8.77. The van der Waals surface area contributed by atoms with E-state index in [9.17, 15) is 9.59 Å². The predicted octanol–water partition coefficient (Wildman–Crippen LogP) is 3.55. The monoisotopic (exact) mass is 344 g/mol. The van der Waals surface area contributed by atoms with Gasteiger partial charge in [-0.15, -0.1) is 6.58 Å². The molecule has 0 N–H and O–H groups in total. The smallest absolute Gasteiger partial charge is 0.320 e. The molecule has 134 valence electrons. The van der Waals surface area contributed by atoms with Crippen LogP contribution >= 0.6 is 0 Å². The molecule has 1 atom stereocenters. The van der Waals surface area contributed by atoms with Crippen LogP contribution < -0.4 is 0 Å². The average Bonchev–Trinajstić information content (AvgIpc) is 2.47. The van der Waals surface area contributed by atoms with Crippen LogP contribution in [0.25, 0.3) is 0 Å². The van der Waals surface area contributed by atoms with Crippen molar-refractivity contribution in [1.82, 2.24) is 0 Å². The summed E-state index contributed by atoms with van der Waals surface area (Å²) in [6, 6.07) is 0. The number of rotatable bonds is 9. The Bertz CT molecular complexity index is 396. The Balaban J connectivity index is 4.69. The van der Waals surface area contributed by atoms with E-state index in [1.54, 1.807) is 6.08 Å². The van der Waals surface area contributed by atoms with Crippen molar-refractivity contribution in [3.63, 3.8) is 0 Å². The number of esters is 2. The Labute approximate surface area is 141 Å². The molecule has 1 unspecified atom stereocenters. The third kappa shape index (κ3) is 6.87. The average molecular weight is 345 g/mol. The summed E-state index contributed by atoms with van der Waals surface area (Å²) in [5.41, 5.74) is 0. The lowest BCUT2D eigenvalue weighted by atomic mass is 9.92. The third-order valence-electron chi connectivity index (χ3n) is 4.60. The SMILES string of the molecule is C=CC(CCO[Si](C)(C)C(C)(C)C)CC(C(=O)OC)C(=O)OC. The fourth-order valence-corrected chi connectivity index (χ4v) is 2.95. The second kappa shape index (κ2) is 9.23. The number of carbonyl (C=O) groups excluding carboxylic acids is 2. The summed E-state index contributed by atoms with van der Waals surface area (Å²) in [5.74, 6) is -2.08. The van der Waals surface area contributed by atoms with Crippen LogP contribution in [0.2, 0.25) is 18.1 Å². The van der Waals surface area contributed by atoms with Gasteiger partial charge < -0.3 is 13.9 Å². The minimum Gasteiger partial charge on any atom is -0.468 e. The molecule has 0 aliphatic carbocycles. The first-order valence-electron chi connectivity index (χ1n) is 7.92. The van der Waals surface area contributed by atoms with Crippen molar-refractivity contribution in [1.29, 1.82) is 0 Å². The van der Waals surface area contributed by atoms with Crippen molar-refractivity contribution < 1.29 is 23.5 Å². The predicted molar refractivity (Wildman–Crippen MR) is 93.6 cm³/mol. The standard InChI is InChI=1S/C17H32O5Si/c1-9-13(10-11-22-23(7,8)17(2,3)4)12-14(15(18)20-5)16(19)21-6/h9,13-14H,1,10-12H2,2-8H3. The van der Waals surface area contributed by atoms with Gasteiger partial charge in [0.05, 0.1) is 14.2 Å². The molecule has 0 fully saturated rings. The maximum Gasteiger partial charge on any atom is 0.320 e. The molecule has 5 nitrogen and oxygen atoms in total. The number of carbonyl (C=O) groups is 2. The topological polar surface area (TPSA) is 61.8 Å². The minimum absolute atomic E-state index is 0.0111. The largest absolute Gasteiger partial charge is 0.468 e. The van der Waals surface area contributed by atoms with Crippen molar-refractivity contribution in [3.05, 3.63) is 12.7 Å². The fraction of sp³-hybridized carbons (Fsp3) is 0.765. The van der Waals surface area contributed by atoms with Gasteiger partial charge in [-0.3, -0.25) is 9.59 Å². The van der Waals surface area contributed by atoms with Crippen molar-refractivity contribution in [2.75, 3.05) is 20.8 Å². The van der Waals surface area contributed by atoms with E-state index in [1.807, 2.05) is 0 Å². The molecule has 0 rings (SSSR count). The zero-order valence-electron chi connectivity index (χ0n) is 15.6. The van der Waals surface area contributed by atoms with Gasteiger partial charge in [0.2, 0.25) is 0 Å². The normalized spacial score (nSPS) is 13.6. The summed E-state index contributed by atoms with van der Waals surface area (Å²) in [6.45, 7) is 15.3. The number of allylic oxidation sites excluding steroid dienone is 1. The van der Waals surface area contributed by atoms with E-state index in [1.165, 1.54) is 14.2 Å². The van der Waals surface area contributed by atoms with Crippen LogP contribution in [-0.4, -0.2) is 41.1 Å². The maximum atomic E-state index is 11.7. The van der Waals surface area contributed by atoms with Gasteiger partial charge in [-0.1, -0.05) is 26.8 Å². The van der Waals surface area contributed by atoms with E-state index in [4.69, 9.17) is 4.43 Å². The molecule has 6 heteroatoms. The second-order valence-electron chi connectivity index (χ2n) is 7.23. The first kappa shape index (κ1) is 21.9. The van der Waals surface area contributed by atoms with Crippen LogP contribution in [0.3, 0.4) is 0 Å². The van der Waals surface area contributed by atoms with Crippen LogP contribution in [0.1, 0.15) is 33.6 Å². The van der Waals surface area contributed by atoms with E-state index in [0.29, 0.717) is 19.4 Å². The van der Waals surface area contributed by atoms with Crippen LogP contribution in [-0.2, 0) is 23.5 Å². The first-order chi connectivity index (χ1) is 10.5. The Morgan fingerprint density at radius 1 is 1.13 bits per heavy atom. The molecule has 0 spiro atoms. The van der Waals surface area contributed by atoms with E-state index >= 15 is 0 Å². The highest BCUT2D eigenvalue weighted by Gasteiger charge is 2.37. The van der Waals surface area contributed by atoms with Gasteiger partial charge in [0.15, 0.2) is 14.2 Å². The van der Waals surface area contributed by atoms with Gasteiger partial charge in [-0.05, 0) is 36.9 Å². The van der Waals surface area contributed by atoms with Crippen LogP contribution in [0, 0.1) is 11.8 Å². The minimum atomic E-state index is -1.80. The highest BCUT2D eigenvalue weighted by Crippen LogP contribution is 2.36. The van der Waals surface area contributed by atoms with E-state index < -0.39 is 26.2 Å². The molecule has 0 bridgehead atoms. The maximum absolute atomic E-state index is 11.7. The summed E-state index contributed by atoms with van der Waals surface area (Å²) in [6.07, 6.45) is 2.79. The summed E-state index contributed by atoms with van der Waals surface area (Å²) >= 11 is 0. The van der Waals surface area contributed by atoms with E-state index in [0.717, 1.165) is 0 Å². The summed E-state index contributed by atoms with van der Waals surface area (Å²) in [7, 11) is 0.732. The van der Waals surface area contributed by atoms with Gasteiger partial charge in [-0.25, -0.2) is 0 Å². The number of methoxy groups -OCH3 is 2. The van der Waals surface area contributed by atoms with Gasteiger partial charge in [-0.2, -0.15) is 0 Å². The zero-order chi connectivity index (χ0) is 18.3. The highest BCUT2D eigenvalue weighted by molar-refractivity contribution is 6.74.